The summed E-state index contributed by atoms with van der Waals surface area (Å²) in [7, 11) is 0. The molecule has 2 aromatic heterocycles. The number of carbonyl (C=O) groups excluding carboxylic acids is 1. The number of aromatic nitrogens is 1. The second kappa shape index (κ2) is 8.87. The van der Waals surface area contributed by atoms with Gasteiger partial charge in [-0.25, -0.2) is 4.98 Å². The minimum absolute atomic E-state index is 0.0288. The second-order valence-corrected chi connectivity index (χ2v) is 8.08. The lowest BCUT2D eigenvalue weighted by molar-refractivity contribution is -0.0497. The van der Waals surface area contributed by atoms with Crippen LogP contribution in [-0.2, 0) is 6.61 Å². The van der Waals surface area contributed by atoms with Gasteiger partial charge in [-0.1, -0.05) is 41.7 Å². The molecular formula is C24H16F2N2O4S. The first-order valence-electron chi connectivity index (χ1n) is 9.90. The maximum atomic E-state index is 12.5. The van der Waals surface area contributed by atoms with E-state index in [9.17, 15) is 13.6 Å². The number of hydrogen-bond donors (Lipinski definition) is 1. The Hall–Kier alpha value is -3.98. The Kier molecular flexibility index (Phi) is 5.62. The fraction of sp³-hybridized carbons (Fsp3) is 0.0833. The Labute approximate surface area is 190 Å². The van der Waals surface area contributed by atoms with E-state index in [-0.39, 0.29) is 18.1 Å². The zero-order valence-corrected chi connectivity index (χ0v) is 17.8. The molecule has 5 aromatic rings. The summed E-state index contributed by atoms with van der Waals surface area (Å²) in [5, 5.41) is 5.16. The normalized spacial score (nSPS) is 11.2. The highest BCUT2D eigenvalue weighted by atomic mass is 32.1. The SMILES string of the molecule is O=C(Nc1nc2ccc(OC(F)F)cc2s1)c1ccc(COc2ccc3ccccc3c2)o1. The molecule has 0 aliphatic rings. The lowest BCUT2D eigenvalue weighted by Crippen LogP contribution is -2.10. The van der Waals surface area contributed by atoms with E-state index in [1.807, 2.05) is 42.5 Å². The first-order valence-corrected chi connectivity index (χ1v) is 10.7. The molecule has 6 nitrogen and oxygen atoms in total. The number of nitrogens with zero attached hydrogens (tertiary/aromatic N) is 1. The highest BCUT2D eigenvalue weighted by Crippen LogP contribution is 2.30. The van der Waals surface area contributed by atoms with Crippen molar-refractivity contribution in [3.05, 3.63) is 84.3 Å². The predicted octanol–water partition coefficient (Wildman–Crippen LogP) is 6.48. The molecule has 9 heteroatoms. The van der Waals surface area contributed by atoms with E-state index in [4.69, 9.17) is 9.15 Å². The first kappa shape index (κ1) is 20.9. The minimum Gasteiger partial charge on any atom is -0.486 e. The number of benzene rings is 3. The number of anilines is 1. The monoisotopic (exact) mass is 466 g/mol. The number of amides is 1. The van der Waals surface area contributed by atoms with Gasteiger partial charge in [-0.15, -0.1) is 0 Å². The molecule has 3 aromatic carbocycles. The Bertz CT molecular complexity index is 1450. The predicted molar refractivity (Wildman–Crippen MR) is 121 cm³/mol. The van der Waals surface area contributed by atoms with Gasteiger partial charge in [-0.3, -0.25) is 10.1 Å². The first-order chi connectivity index (χ1) is 16.0. The van der Waals surface area contributed by atoms with Crippen LogP contribution in [0.2, 0.25) is 0 Å². The number of fused-ring (bicyclic) bond motifs is 2. The van der Waals surface area contributed by atoms with Crippen LogP contribution >= 0.6 is 11.3 Å². The van der Waals surface area contributed by atoms with Crippen molar-refractivity contribution in [3.63, 3.8) is 0 Å². The molecule has 1 amide bonds. The number of carbonyl (C=O) groups is 1. The van der Waals surface area contributed by atoms with Crippen LogP contribution in [0.25, 0.3) is 21.0 Å². The zero-order valence-electron chi connectivity index (χ0n) is 17.0. The van der Waals surface area contributed by atoms with E-state index in [1.165, 1.54) is 12.1 Å². The van der Waals surface area contributed by atoms with Crippen LogP contribution in [0.15, 0.2) is 77.2 Å². The van der Waals surface area contributed by atoms with Gasteiger partial charge in [0.15, 0.2) is 10.9 Å². The topological polar surface area (TPSA) is 73.6 Å². The van der Waals surface area contributed by atoms with Crippen molar-refractivity contribution < 1.29 is 27.5 Å². The number of furan rings is 1. The number of thiazole rings is 1. The maximum Gasteiger partial charge on any atom is 0.387 e. The summed E-state index contributed by atoms with van der Waals surface area (Å²) in [5.41, 5.74) is 0.556. The third-order valence-corrected chi connectivity index (χ3v) is 5.73. The molecule has 0 fully saturated rings. The molecule has 0 aliphatic heterocycles. The Morgan fingerprint density at radius 2 is 1.82 bits per heavy atom. The number of rotatable bonds is 7. The molecule has 0 saturated carbocycles. The van der Waals surface area contributed by atoms with Crippen molar-refractivity contribution in [3.8, 4) is 11.5 Å². The van der Waals surface area contributed by atoms with Crippen molar-refractivity contribution >= 4 is 43.4 Å². The molecule has 0 saturated heterocycles. The van der Waals surface area contributed by atoms with Crippen LogP contribution in [0.5, 0.6) is 11.5 Å². The van der Waals surface area contributed by atoms with E-state index in [0.29, 0.717) is 26.9 Å². The number of alkyl halides is 2. The third kappa shape index (κ3) is 4.78. The largest absolute Gasteiger partial charge is 0.486 e. The van der Waals surface area contributed by atoms with Crippen molar-refractivity contribution in [2.24, 2.45) is 0 Å². The number of nitrogens with one attached hydrogen (secondary N) is 1. The average Bonchev–Trinajstić information content (AvgIpc) is 3.43. The van der Waals surface area contributed by atoms with Crippen molar-refractivity contribution in [2.75, 3.05) is 5.32 Å². The summed E-state index contributed by atoms with van der Waals surface area (Å²) in [6.45, 7) is -2.74. The van der Waals surface area contributed by atoms with E-state index >= 15 is 0 Å². The lowest BCUT2D eigenvalue weighted by atomic mass is 10.1. The highest BCUT2D eigenvalue weighted by molar-refractivity contribution is 7.22. The lowest BCUT2D eigenvalue weighted by Gasteiger charge is -2.05. The summed E-state index contributed by atoms with van der Waals surface area (Å²) >= 11 is 1.14. The molecule has 33 heavy (non-hydrogen) atoms. The fourth-order valence-electron chi connectivity index (χ4n) is 3.28. The van der Waals surface area contributed by atoms with Gasteiger partial charge in [0, 0.05) is 0 Å². The highest BCUT2D eigenvalue weighted by Gasteiger charge is 2.15. The molecule has 1 N–H and O–H groups in total. The van der Waals surface area contributed by atoms with Crippen LogP contribution in [-0.4, -0.2) is 17.5 Å². The molecule has 0 aliphatic carbocycles. The quantitative estimate of drug-likeness (QED) is 0.297. The summed E-state index contributed by atoms with van der Waals surface area (Å²) in [6, 6.07) is 21.4. The van der Waals surface area contributed by atoms with Crippen LogP contribution < -0.4 is 14.8 Å². The second-order valence-electron chi connectivity index (χ2n) is 7.04. The molecule has 0 spiro atoms. The van der Waals surface area contributed by atoms with Crippen molar-refractivity contribution in [1.29, 1.82) is 0 Å². The van der Waals surface area contributed by atoms with E-state index < -0.39 is 12.5 Å². The van der Waals surface area contributed by atoms with Crippen LogP contribution in [0.3, 0.4) is 0 Å². The summed E-state index contributed by atoms with van der Waals surface area (Å²) in [4.78, 5) is 16.8. The van der Waals surface area contributed by atoms with Crippen molar-refractivity contribution in [2.45, 2.75) is 13.2 Å². The molecule has 0 radical (unpaired) electrons. The molecule has 0 unspecified atom stereocenters. The zero-order chi connectivity index (χ0) is 22.8. The third-order valence-electron chi connectivity index (χ3n) is 4.79. The van der Waals surface area contributed by atoms with Gasteiger partial charge in [0.05, 0.1) is 10.2 Å². The van der Waals surface area contributed by atoms with E-state index in [2.05, 4.69) is 15.0 Å². The van der Waals surface area contributed by atoms with Gasteiger partial charge in [-0.2, -0.15) is 8.78 Å². The smallest absolute Gasteiger partial charge is 0.387 e. The van der Waals surface area contributed by atoms with Crippen molar-refractivity contribution in [1.82, 2.24) is 4.98 Å². The van der Waals surface area contributed by atoms with Gasteiger partial charge in [0.25, 0.3) is 5.91 Å². The van der Waals surface area contributed by atoms with Gasteiger partial charge in [0.2, 0.25) is 0 Å². The molecular weight excluding hydrogens is 450 g/mol. The summed E-state index contributed by atoms with van der Waals surface area (Å²) in [5.74, 6) is 0.844. The Morgan fingerprint density at radius 3 is 2.67 bits per heavy atom. The fourth-order valence-corrected chi connectivity index (χ4v) is 4.17. The van der Waals surface area contributed by atoms with E-state index in [1.54, 1.807) is 18.2 Å². The summed E-state index contributed by atoms with van der Waals surface area (Å²) in [6.07, 6.45) is 0. The van der Waals surface area contributed by atoms with Crippen LogP contribution in [0.1, 0.15) is 16.3 Å². The average molecular weight is 466 g/mol. The van der Waals surface area contributed by atoms with Gasteiger partial charge >= 0.3 is 6.61 Å². The number of halogens is 2. The van der Waals surface area contributed by atoms with Gasteiger partial charge in [-0.05, 0) is 53.2 Å². The van der Waals surface area contributed by atoms with Crippen LogP contribution in [0, 0.1) is 0 Å². The standard InChI is InChI=1S/C24H16F2N2O4S/c25-23(26)32-17-7-9-19-21(12-17)33-24(27-19)28-22(29)20-10-8-18(31-20)13-30-16-6-5-14-3-1-2-4-15(14)11-16/h1-12,23H,13H2,(H,27,28,29). The molecule has 2 heterocycles. The Morgan fingerprint density at radius 1 is 1.00 bits per heavy atom. The van der Waals surface area contributed by atoms with Crippen LogP contribution in [0.4, 0.5) is 13.9 Å². The molecule has 0 bridgehead atoms. The van der Waals surface area contributed by atoms with Gasteiger partial charge in [0.1, 0.15) is 23.9 Å². The van der Waals surface area contributed by atoms with E-state index in [0.717, 1.165) is 22.1 Å². The molecule has 0 atom stereocenters. The Balaban J connectivity index is 1.23. The summed E-state index contributed by atoms with van der Waals surface area (Å²) < 4.78 is 41.2. The molecule has 166 valence electrons. The van der Waals surface area contributed by atoms with Gasteiger partial charge < -0.3 is 13.9 Å². The maximum absolute atomic E-state index is 12.5. The number of ether oxygens (including phenoxy) is 2. The molecule has 5 rings (SSSR count). The minimum atomic E-state index is -2.91. The number of hydrogen-bond acceptors (Lipinski definition) is 6.